The summed E-state index contributed by atoms with van der Waals surface area (Å²) < 4.78 is 2.23. The molecule has 0 atom stereocenters. The standard InChI is InChI=1S/C22H22N4.ClH/c1-14-12-19-22(15(2)21(14)23)26(20-11-6-5-10-18(20)24-19)17-9-7-8-16(13-17)25(3)4;/h5-13,23H,1-4H3;1H. The third-order valence-corrected chi connectivity index (χ3v) is 4.91. The predicted octanol–water partition coefficient (Wildman–Crippen LogP) is 4.71. The average Bonchev–Trinajstić information content (AvgIpc) is 2.64. The van der Waals surface area contributed by atoms with Crippen LogP contribution >= 0.6 is 12.4 Å². The fourth-order valence-electron chi connectivity index (χ4n) is 3.50. The van der Waals surface area contributed by atoms with Crippen molar-refractivity contribution in [3.8, 4) is 17.1 Å². The van der Waals surface area contributed by atoms with Crippen LogP contribution in [0, 0.1) is 19.3 Å². The van der Waals surface area contributed by atoms with Crippen molar-refractivity contribution in [2.75, 3.05) is 19.0 Å². The maximum atomic E-state index is 8.45. The first-order chi connectivity index (χ1) is 12.5. The highest BCUT2D eigenvalue weighted by atomic mass is 35.5. The molecular formula is C22H23ClN4. The number of fused-ring (bicyclic) bond motifs is 2. The second-order valence-electron chi connectivity index (χ2n) is 6.91. The van der Waals surface area contributed by atoms with Crippen molar-refractivity contribution in [3.05, 3.63) is 71.1 Å². The van der Waals surface area contributed by atoms with Crippen LogP contribution in [0.25, 0.3) is 28.1 Å². The maximum absolute atomic E-state index is 8.45. The summed E-state index contributed by atoms with van der Waals surface area (Å²) in [6.07, 6.45) is 0. The maximum Gasteiger partial charge on any atom is 0.0885 e. The molecule has 4 rings (SSSR count). The minimum absolute atomic E-state index is 0. The Morgan fingerprint density at radius 1 is 0.963 bits per heavy atom. The second-order valence-corrected chi connectivity index (χ2v) is 6.91. The fraction of sp³-hybridized carbons (Fsp3) is 0.182. The molecule has 0 bridgehead atoms. The summed E-state index contributed by atoms with van der Waals surface area (Å²) in [6.45, 7) is 3.99. The van der Waals surface area contributed by atoms with E-state index in [1.54, 1.807) is 0 Å². The summed E-state index contributed by atoms with van der Waals surface area (Å²) in [5.41, 5.74) is 8.03. The summed E-state index contributed by atoms with van der Waals surface area (Å²) in [4.78, 5) is 6.97. The van der Waals surface area contributed by atoms with Gasteiger partial charge in [-0.2, -0.15) is 0 Å². The molecule has 138 valence electrons. The highest BCUT2D eigenvalue weighted by Crippen LogP contribution is 2.31. The number of halogens is 1. The van der Waals surface area contributed by atoms with Gasteiger partial charge < -0.3 is 14.9 Å². The van der Waals surface area contributed by atoms with Crippen molar-refractivity contribution in [1.82, 2.24) is 9.55 Å². The van der Waals surface area contributed by atoms with Gasteiger partial charge in [0.05, 0.1) is 27.8 Å². The Hall–Kier alpha value is -2.85. The lowest BCUT2D eigenvalue weighted by atomic mass is 10.0. The fourth-order valence-corrected chi connectivity index (χ4v) is 3.50. The van der Waals surface area contributed by atoms with Crippen LogP contribution in [-0.2, 0) is 0 Å². The Bertz CT molecular complexity index is 1160. The highest BCUT2D eigenvalue weighted by Gasteiger charge is 2.18. The quantitative estimate of drug-likeness (QED) is 0.513. The van der Waals surface area contributed by atoms with E-state index in [0.29, 0.717) is 5.36 Å². The first kappa shape index (κ1) is 18.9. The molecule has 0 amide bonds. The van der Waals surface area contributed by atoms with Crippen LogP contribution in [0.3, 0.4) is 0 Å². The zero-order valence-corrected chi connectivity index (χ0v) is 16.8. The molecule has 27 heavy (non-hydrogen) atoms. The topological polar surface area (TPSA) is 44.9 Å². The molecule has 0 saturated heterocycles. The number of aryl methyl sites for hydroxylation is 1. The minimum atomic E-state index is 0. The zero-order valence-electron chi connectivity index (χ0n) is 15.9. The summed E-state index contributed by atoms with van der Waals surface area (Å²) in [5, 5.41) is 9.03. The summed E-state index contributed by atoms with van der Waals surface area (Å²) in [5.74, 6) is 0. The lowest BCUT2D eigenvalue weighted by Crippen LogP contribution is -2.17. The van der Waals surface area contributed by atoms with E-state index in [1.807, 2.05) is 52.2 Å². The number of nitrogens with zero attached hydrogens (tertiary/aromatic N) is 3. The van der Waals surface area contributed by atoms with Crippen LogP contribution in [0.1, 0.15) is 11.1 Å². The van der Waals surface area contributed by atoms with Gasteiger partial charge in [-0.1, -0.05) is 18.2 Å². The average molecular weight is 379 g/mol. The lowest BCUT2D eigenvalue weighted by Gasteiger charge is -2.22. The van der Waals surface area contributed by atoms with Crippen LogP contribution in [0.2, 0.25) is 0 Å². The van der Waals surface area contributed by atoms with Gasteiger partial charge in [0.2, 0.25) is 0 Å². The number of hydrogen-bond acceptors (Lipinski definition) is 3. The van der Waals surface area contributed by atoms with Gasteiger partial charge in [-0.25, -0.2) is 4.98 Å². The molecule has 5 heteroatoms. The predicted molar refractivity (Wildman–Crippen MR) is 115 cm³/mol. The van der Waals surface area contributed by atoms with Crippen molar-refractivity contribution in [2.24, 2.45) is 0 Å². The number of para-hydroxylation sites is 2. The van der Waals surface area contributed by atoms with Crippen molar-refractivity contribution >= 4 is 29.1 Å². The van der Waals surface area contributed by atoms with E-state index in [1.165, 1.54) is 0 Å². The van der Waals surface area contributed by atoms with E-state index >= 15 is 0 Å². The number of rotatable bonds is 2. The monoisotopic (exact) mass is 378 g/mol. The first-order valence-corrected chi connectivity index (χ1v) is 8.71. The molecule has 0 saturated carbocycles. The molecule has 4 nitrogen and oxygen atoms in total. The van der Waals surface area contributed by atoms with E-state index in [-0.39, 0.29) is 12.4 Å². The van der Waals surface area contributed by atoms with Crippen LogP contribution < -0.4 is 10.3 Å². The molecule has 1 N–H and O–H groups in total. The molecule has 0 aromatic heterocycles. The Morgan fingerprint density at radius 3 is 2.44 bits per heavy atom. The molecule has 1 aliphatic heterocycles. The molecule has 0 fully saturated rings. The molecule has 0 spiro atoms. The Kier molecular flexibility index (Phi) is 4.94. The van der Waals surface area contributed by atoms with Gasteiger partial charge in [-0.15, -0.1) is 12.4 Å². The number of anilines is 1. The van der Waals surface area contributed by atoms with Crippen LogP contribution in [0.15, 0.2) is 54.6 Å². The van der Waals surface area contributed by atoms with E-state index in [0.717, 1.165) is 44.9 Å². The number of nitrogens with one attached hydrogen (secondary N) is 1. The molecule has 0 radical (unpaired) electrons. The normalized spacial score (nSPS) is 10.8. The Morgan fingerprint density at radius 2 is 1.70 bits per heavy atom. The van der Waals surface area contributed by atoms with E-state index in [4.69, 9.17) is 10.4 Å². The van der Waals surface area contributed by atoms with Crippen molar-refractivity contribution in [1.29, 1.82) is 5.41 Å². The zero-order chi connectivity index (χ0) is 18.4. The molecule has 2 aromatic rings. The van der Waals surface area contributed by atoms with Gasteiger partial charge in [-0.3, -0.25) is 0 Å². The third-order valence-electron chi connectivity index (χ3n) is 4.91. The minimum Gasteiger partial charge on any atom is -0.378 e. The van der Waals surface area contributed by atoms with E-state index in [9.17, 15) is 0 Å². The number of benzene rings is 3. The highest BCUT2D eigenvalue weighted by molar-refractivity contribution is 5.85. The van der Waals surface area contributed by atoms with Crippen LogP contribution in [0.4, 0.5) is 5.69 Å². The molecule has 0 unspecified atom stereocenters. The van der Waals surface area contributed by atoms with Gasteiger partial charge in [0.15, 0.2) is 0 Å². The third kappa shape index (κ3) is 3.06. The number of hydrogen-bond donors (Lipinski definition) is 1. The summed E-state index contributed by atoms with van der Waals surface area (Å²) in [7, 11) is 4.09. The van der Waals surface area contributed by atoms with E-state index in [2.05, 4.69) is 39.8 Å². The van der Waals surface area contributed by atoms with Crippen molar-refractivity contribution < 1.29 is 0 Å². The largest absolute Gasteiger partial charge is 0.378 e. The summed E-state index contributed by atoms with van der Waals surface area (Å²) >= 11 is 0. The molecule has 2 aromatic carbocycles. The number of aromatic nitrogens is 2. The molecule has 1 aliphatic carbocycles. The Labute approximate surface area is 165 Å². The first-order valence-electron chi connectivity index (χ1n) is 8.71. The SMILES string of the molecule is Cc1cc2nc3ccccc3n(-c3cccc(N(C)C)c3)c-2c(C)c1=N.Cl. The van der Waals surface area contributed by atoms with Gasteiger partial charge in [0.1, 0.15) is 0 Å². The van der Waals surface area contributed by atoms with Gasteiger partial charge in [-0.05, 0) is 55.8 Å². The van der Waals surface area contributed by atoms with Crippen LogP contribution in [-0.4, -0.2) is 23.6 Å². The Balaban J connectivity index is 0.00000210. The van der Waals surface area contributed by atoms with E-state index < -0.39 is 0 Å². The van der Waals surface area contributed by atoms with Crippen molar-refractivity contribution in [3.63, 3.8) is 0 Å². The van der Waals surface area contributed by atoms with Gasteiger partial charge >= 0.3 is 0 Å². The smallest absolute Gasteiger partial charge is 0.0885 e. The van der Waals surface area contributed by atoms with Crippen molar-refractivity contribution in [2.45, 2.75) is 13.8 Å². The van der Waals surface area contributed by atoms with Crippen LogP contribution in [0.5, 0.6) is 0 Å². The molecule has 2 aliphatic rings. The lowest BCUT2D eigenvalue weighted by molar-refractivity contribution is 1.03. The molecule has 1 heterocycles. The molecular weight excluding hydrogens is 356 g/mol. The summed E-state index contributed by atoms with van der Waals surface area (Å²) in [6, 6.07) is 18.7. The second kappa shape index (κ2) is 7.05. The van der Waals surface area contributed by atoms with Gasteiger partial charge in [0, 0.05) is 31.0 Å². The van der Waals surface area contributed by atoms with Gasteiger partial charge in [0.25, 0.3) is 0 Å².